The van der Waals surface area contributed by atoms with Crippen LogP contribution in [0.4, 0.5) is 0 Å². The molecule has 1 heterocycles. The highest BCUT2D eigenvalue weighted by Crippen LogP contribution is 2.29. The second kappa shape index (κ2) is 4.84. The molecule has 0 amide bonds. The first-order valence-corrected chi connectivity index (χ1v) is 6.34. The van der Waals surface area contributed by atoms with Gasteiger partial charge in [-0.25, -0.2) is 0 Å². The summed E-state index contributed by atoms with van der Waals surface area (Å²) in [7, 11) is 0. The Kier molecular flexibility index (Phi) is 4.19. The van der Waals surface area contributed by atoms with Crippen molar-refractivity contribution in [2.75, 3.05) is 13.1 Å². The smallest absolute Gasteiger partial charge is 0.0119 e. The van der Waals surface area contributed by atoms with Gasteiger partial charge in [-0.2, -0.15) is 0 Å². The van der Waals surface area contributed by atoms with E-state index in [0.717, 1.165) is 18.5 Å². The Morgan fingerprint density at radius 1 is 1.33 bits per heavy atom. The van der Waals surface area contributed by atoms with Crippen LogP contribution >= 0.6 is 0 Å². The van der Waals surface area contributed by atoms with E-state index in [1.54, 1.807) is 0 Å². The van der Waals surface area contributed by atoms with E-state index in [1.807, 2.05) is 0 Å². The lowest BCUT2D eigenvalue weighted by molar-refractivity contribution is 0.124. The summed E-state index contributed by atoms with van der Waals surface area (Å²) >= 11 is 0. The minimum absolute atomic E-state index is 0.234. The lowest BCUT2D eigenvalue weighted by atomic mass is 9.85. The fourth-order valence-corrected chi connectivity index (χ4v) is 2.47. The normalized spacial score (nSPS) is 26.2. The van der Waals surface area contributed by atoms with Crippen molar-refractivity contribution in [3.63, 3.8) is 0 Å². The number of hydrogen-bond donors (Lipinski definition) is 1. The summed E-state index contributed by atoms with van der Waals surface area (Å²) in [5.41, 5.74) is 6.28. The lowest BCUT2D eigenvalue weighted by Crippen LogP contribution is -2.46. The molecule has 0 radical (unpaired) electrons. The quantitative estimate of drug-likeness (QED) is 0.776. The van der Waals surface area contributed by atoms with Crippen LogP contribution in [0.25, 0.3) is 0 Å². The molecule has 1 aliphatic rings. The number of nitrogens with two attached hydrogens (primary N) is 1. The van der Waals surface area contributed by atoms with Crippen LogP contribution in [0.1, 0.15) is 47.5 Å². The fourth-order valence-electron chi connectivity index (χ4n) is 2.47. The van der Waals surface area contributed by atoms with Gasteiger partial charge in [0.25, 0.3) is 0 Å². The molecule has 0 saturated carbocycles. The Morgan fingerprint density at radius 3 is 2.40 bits per heavy atom. The van der Waals surface area contributed by atoms with Gasteiger partial charge in [-0.05, 0) is 37.6 Å². The van der Waals surface area contributed by atoms with E-state index in [2.05, 4.69) is 39.5 Å². The van der Waals surface area contributed by atoms with Crippen molar-refractivity contribution in [2.45, 2.75) is 59.5 Å². The number of likely N-dealkylation sites (tertiary alicyclic amines) is 1. The van der Waals surface area contributed by atoms with Gasteiger partial charge in [0.05, 0.1) is 0 Å². The summed E-state index contributed by atoms with van der Waals surface area (Å²) in [6.07, 6.45) is 2.73. The topological polar surface area (TPSA) is 29.3 Å². The third-order valence-electron chi connectivity index (χ3n) is 4.03. The van der Waals surface area contributed by atoms with Crippen molar-refractivity contribution < 1.29 is 0 Å². The molecule has 2 atom stereocenters. The third kappa shape index (κ3) is 3.18. The van der Waals surface area contributed by atoms with Crippen molar-refractivity contribution in [3.8, 4) is 0 Å². The van der Waals surface area contributed by atoms with E-state index in [9.17, 15) is 0 Å². The van der Waals surface area contributed by atoms with Gasteiger partial charge >= 0.3 is 0 Å². The molecule has 2 heteroatoms. The molecule has 0 aromatic heterocycles. The van der Waals surface area contributed by atoms with Crippen molar-refractivity contribution in [1.82, 2.24) is 4.90 Å². The van der Waals surface area contributed by atoms with Crippen LogP contribution in [0.3, 0.4) is 0 Å². The molecule has 15 heavy (non-hydrogen) atoms. The van der Waals surface area contributed by atoms with Crippen LogP contribution in [0, 0.1) is 11.3 Å². The van der Waals surface area contributed by atoms with Crippen molar-refractivity contribution in [1.29, 1.82) is 0 Å². The maximum Gasteiger partial charge on any atom is 0.0119 e. The molecule has 0 aromatic rings. The predicted molar refractivity (Wildman–Crippen MR) is 66.9 cm³/mol. The van der Waals surface area contributed by atoms with Gasteiger partial charge in [-0.1, -0.05) is 27.7 Å². The third-order valence-corrected chi connectivity index (χ3v) is 4.03. The average Bonchev–Trinajstić information content (AvgIpc) is 2.51. The van der Waals surface area contributed by atoms with E-state index < -0.39 is 0 Å². The second-order valence-electron chi connectivity index (χ2n) is 6.20. The van der Waals surface area contributed by atoms with Gasteiger partial charge in [0.2, 0.25) is 0 Å². The van der Waals surface area contributed by atoms with Crippen LogP contribution in [-0.2, 0) is 0 Å². The standard InChI is InChI=1S/C13H28N2/c1-10(2)12-7-6-8-15(12)9-13(4,5)11(3)14/h10-12H,6-9,14H2,1-5H3. The summed E-state index contributed by atoms with van der Waals surface area (Å²) in [5.74, 6) is 0.774. The maximum absolute atomic E-state index is 6.04. The lowest BCUT2D eigenvalue weighted by Gasteiger charge is -2.37. The summed E-state index contributed by atoms with van der Waals surface area (Å²) in [4.78, 5) is 2.65. The van der Waals surface area contributed by atoms with Crippen LogP contribution < -0.4 is 5.73 Å². The molecule has 1 fully saturated rings. The monoisotopic (exact) mass is 212 g/mol. The summed E-state index contributed by atoms with van der Waals surface area (Å²) in [6, 6.07) is 1.05. The summed E-state index contributed by atoms with van der Waals surface area (Å²) in [5, 5.41) is 0. The second-order valence-corrected chi connectivity index (χ2v) is 6.20. The van der Waals surface area contributed by atoms with Gasteiger partial charge in [-0.3, -0.25) is 4.90 Å². The largest absolute Gasteiger partial charge is 0.327 e. The molecule has 1 aliphatic heterocycles. The fraction of sp³-hybridized carbons (Fsp3) is 1.00. The molecular weight excluding hydrogens is 184 g/mol. The first-order chi connectivity index (χ1) is 6.84. The van der Waals surface area contributed by atoms with Crippen molar-refractivity contribution in [3.05, 3.63) is 0 Å². The zero-order valence-electron chi connectivity index (χ0n) is 11.1. The highest BCUT2D eigenvalue weighted by molar-refractivity contribution is 4.88. The minimum Gasteiger partial charge on any atom is -0.327 e. The number of hydrogen-bond acceptors (Lipinski definition) is 2. The molecule has 1 rings (SSSR count). The van der Waals surface area contributed by atoms with Crippen LogP contribution in [-0.4, -0.2) is 30.1 Å². The van der Waals surface area contributed by atoms with Gasteiger partial charge in [0.1, 0.15) is 0 Å². The molecule has 0 spiro atoms. The molecule has 2 unspecified atom stereocenters. The first-order valence-electron chi connectivity index (χ1n) is 6.34. The van der Waals surface area contributed by atoms with E-state index in [-0.39, 0.29) is 11.5 Å². The van der Waals surface area contributed by atoms with Gasteiger partial charge in [0, 0.05) is 18.6 Å². The highest BCUT2D eigenvalue weighted by atomic mass is 15.2. The van der Waals surface area contributed by atoms with Gasteiger partial charge in [0.15, 0.2) is 0 Å². The SMILES string of the molecule is CC(C)C1CCCN1CC(C)(C)C(C)N. The van der Waals surface area contributed by atoms with Crippen molar-refractivity contribution >= 4 is 0 Å². The zero-order chi connectivity index (χ0) is 11.6. The Balaban J connectivity index is 2.57. The maximum atomic E-state index is 6.04. The van der Waals surface area contributed by atoms with E-state index in [4.69, 9.17) is 5.73 Å². The van der Waals surface area contributed by atoms with Gasteiger partial charge in [-0.15, -0.1) is 0 Å². The molecular formula is C13H28N2. The molecule has 0 aromatic carbocycles. The average molecular weight is 212 g/mol. The van der Waals surface area contributed by atoms with Crippen LogP contribution in [0.5, 0.6) is 0 Å². The van der Waals surface area contributed by atoms with Gasteiger partial charge < -0.3 is 5.73 Å². The van der Waals surface area contributed by atoms with E-state index in [0.29, 0.717) is 0 Å². The Labute approximate surface area is 95.2 Å². The zero-order valence-corrected chi connectivity index (χ0v) is 11.1. The van der Waals surface area contributed by atoms with E-state index >= 15 is 0 Å². The molecule has 2 nitrogen and oxygen atoms in total. The Bertz CT molecular complexity index is 197. The Hall–Kier alpha value is -0.0800. The highest BCUT2D eigenvalue weighted by Gasteiger charge is 2.33. The summed E-state index contributed by atoms with van der Waals surface area (Å²) < 4.78 is 0. The number of nitrogens with zero attached hydrogens (tertiary/aromatic N) is 1. The molecule has 0 aliphatic carbocycles. The Morgan fingerprint density at radius 2 is 1.93 bits per heavy atom. The molecule has 0 bridgehead atoms. The molecule has 1 saturated heterocycles. The molecule has 2 N–H and O–H groups in total. The predicted octanol–water partition coefficient (Wildman–Crippen LogP) is 2.48. The number of rotatable bonds is 4. The summed E-state index contributed by atoms with van der Waals surface area (Å²) in [6.45, 7) is 13.8. The first kappa shape index (κ1) is 13.0. The van der Waals surface area contributed by atoms with Crippen LogP contribution in [0.15, 0.2) is 0 Å². The molecule has 90 valence electrons. The minimum atomic E-state index is 0.234. The van der Waals surface area contributed by atoms with E-state index in [1.165, 1.54) is 19.4 Å². The van der Waals surface area contributed by atoms with Crippen molar-refractivity contribution in [2.24, 2.45) is 17.1 Å². The van der Waals surface area contributed by atoms with Crippen LogP contribution in [0.2, 0.25) is 0 Å².